The third kappa shape index (κ3) is 6.09. The van der Waals surface area contributed by atoms with E-state index in [1.165, 1.54) is 6.92 Å². The molecule has 0 radical (unpaired) electrons. The maximum Gasteiger partial charge on any atom is 0.421 e. The molecule has 0 aromatic carbocycles. The monoisotopic (exact) mass is 387 g/mol. The second kappa shape index (κ2) is 9.16. The number of alkyl halides is 4. The molecule has 1 aromatic heterocycles. The lowest BCUT2D eigenvalue weighted by Crippen LogP contribution is -2.22. The highest BCUT2D eigenvalue weighted by atomic mass is 19.4. The molecule has 11 heteroatoms. The van der Waals surface area contributed by atoms with E-state index in [1.807, 2.05) is 6.07 Å². The Bertz CT molecular complexity index is 752. The van der Waals surface area contributed by atoms with Crippen LogP contribution in [-0.2, 0) is 6.18 Å². The first-order valence-electron chi connectivity index (χ1n) is 7.96. The maximum atomic E-state index is 13.0. The van der Waals surface area contributed by atoms with Gasteiger partial charge in [-0.2, -0.15) is 23.4 Å². The van der Waals surface area contributed by atoms with Crippen LogP contribution in [0.25, 0.3) is 0 Å². The van der Waals surface area contributed by atoms with Gasteiger partial charge in [0.1, 0.15) is 23.5 Å². The van der Waals surface area contributed by atoms with E-state index in [9.17, 15) is 17.6 Å². The Kier molecular flexibility index (Phi) is 7.51. The van der Waals surface area contributed by atoms with Crippen LogP contribution in [0.5, 0.6) is 0 Å². The summed E-state index contributed by atoms with van der Waals surface area (Å²) in [6, 6.07) is 1.84. The summed E-state index contributed by atoms with van der Waals surface area (Å²) in [7, 11) is 0. The summed E-state index contributed by atoms with van der Waals surface area (Å²) in [4.78, 5) is 11.6. The molecule has 1 heterocycles. The van der Waals surface area contributed by atoms with Gasteiger partial charge in [-0.3, -0.25) is 4.99 Å². The quantitative estimate of drug-likeness (QED) is 0.467. The summed E-state index contributed by atoms with van der Waals surface area (Å²) < 4.78 is 51.9. The number of rotatable bonds is 8. The van der Waals surface area contributed by atoms with Crippen molar-refractivity contribution >= 4 is 17.5 Å². The van der Waals surface area contributed by atoms with E-state index >= 15 is 0 Å². The van der Waals surface area contributed by atoms with Crippen molar-refractivity contribution in [3.8, 4) is 6.07 Å². The van der Waals surface area contributed by atoms with E-state index in [0.717, 1.165) is 6.20 Å². The van der Waals surface area contributed by atoms with Gasteiger partial charge >= 0.3 is 6.18 Å². The predicted octanol–water partition coefficient (Wildman–Crippen LogP) is 3.10. The van der Waals surface area contributed by atoms with E-state index in [1.54, 1.807) is 13.8 Å². The fourth-order valence-electron chi connectivity index (χ4n) is 1.81. The van der Waals surface area contributed by atoms with Gasteiger partial charge in [-0.15, -0.1) is 0 Å². The Hall–Kier alpha value is -2.90. The number of aliphatic imine (C=N–C) groups is 1. The van der Waals surface area contributed by atoms with Gasteiger partial charge in [0, 0.05) is 18.9 Å². The molecule has 4 N–H and O–H groups in total. The van der Waals surface area contributed by atoms with Crippen LogP contribution in [0, 0.1) is 16.7 Å². The molecule has 0 aliphatic heterocycles. The summed E-state index contributed by atoms with van der Waals surface area (Å²) in [6.07, 6.45) is -2.82. The maximum absolute atomic E-state index is 13.0. The summed E-state index contributed by atoms with van der Waals surface area (Å²) in [5.41, 5.74) is 3.80. The molecule has 1 atom stereocenters. The van der Waals surface area contributed by atoms with Crippen molar-refractivity contribution < 1.29 is 17.6 Å². The average Bonchev–Trinajstić information content (AvgIpc) is 2.63. The Morgan fingerprint density at radius 3 is 2.59 bits per heavy atom. The number of anilines is 2. The lowest BCUT2D eigenvalue weighted by Gasteiger charge is -2.16. The number of hydrogen-bond acceptors (Lipinski definition) is 7. The zero-order chi connectivity index (χ0) is 20.7. The molecule has 0 amide bonds. The topological polar surface area (TPSA) is 112 Å². The van der Waals surface area contributed by atoms with E-state index in [2.05, 4.69) is 25.6 Å². The summed E-state index contributed by atoms with van der Waals surface area (Å²) in [5, 5.41) is 14.2. The molecule has 0 bridgehead atoms. The Labute approximate surface area is 154 Å². The van der Waals surface area contributed by atoms with E-state index in [0.29, 0.717) is 11.9 Å². The molecule has 1 rings (SSSR count). The number of hydrogen-bond donors (Lipinski definition) is 3. The summed E-state index contributed by atoms with van der Waals surface area (Å²) in [6.45, 7) is 3.86. The van der Waals surface area contributed by atoms with Gasteiger partial charge in [-0.25, -0.2) is 9.37 Å². The lowest BCUT2D eigenvalue weighted by molar-refractivity contribution is -0.137. The zero-order valence-corrected chi connectivity index (χ0v) is 15.2. The highest BCUT2D eigenvalue weighted by molar-refractivity contribution is 6.00. The smallest absolute Gasteiger partial charge is 0.403 e. The van der Waals surface area contributed by atoms with Crippen LogP contribution >= 0.6 is 0 Å². The van der Waals surface area contributed by atoms with E-state index in [-0.39, 0.29) is 30.6 Å². The molecular formula is C16H21F4N7. The van der Waals surface area contributed by atoms with E-state index in [4.69, 9.17) is 11.0 Å². The number of aromatic nitrogens is 2. The first-order chi connectivity index (χ1) is 12.6. The highest BCUT2D eigenvalue weighted by Gasteiger charge is 2.35. The van der Waals surface area contributed by atoms with E-state index < -0.39 is 23.8 Å². The molecule has 0 aliphatic rings. The number of allylic oxidation sites excluding steroid dienone is 1. The largest absolute Gasteiger partial charge is 0.421 e. The highest BCUT2D eigenvalue weighted by Crippen LogP contribution is 2.33. The van der Waals surface area contributed by atoms with Gasteiger partial charge in [0.15, 0.2) is 0 Å². The van der Waals surface area contributed by atoms with Crippen LogP contribution < -0.4 is 16.4 Å². The number of nitrogens with zero attached hydrogens (tertiary/aromatic N) is 4. The van der Waals surface area contributed by atoms with Crippen molar-refractivity contribution in [2.75, 3.05) is 30.4 Å². The van der Waals surface area contributed by atoms with Crippen LogP contribution in [0.2, 0.25) is 0 Å². The molecule has 0 spiro atoms. The predicted molar refractivity (Wildman–Crippen MR) is 94.8 cm³/mol. The number of nitrogens with two attached hydrogens (primary N) is 1. The first kappa shape index (κ1) is 22.1. The fourth-order valence-corrected chi connectivity index (χ4v) is 1.81. The fraction of sp³-hybridized carbons (Fsp3) is 0.500. The zero-order valence-electron chi connectivity index (χ0n) is 15.2. The van der Waals surface area contributed by atoms with Crippen molar-refractivity contribution in [3.05, 3.63) is 23.7 Å². The molecule has 0 fully saturated rings. The molecule has 1 unspecified atom stereocenters. The van der Waals surface area contributed by atoms with Gasteiger partial charge in [0.25, 0.3) is 0 Å². The van der Waals surface area contributed by atoms with Crippen LogP contribution in [0.3, 0.4) is 0 Å². The average molecular weight is 387 g/mol. The first-order valence-corrected chi connectivity index (χ1v) is 7.96. The minimum atomic E-state index is -4.60. The second-order valence-electron chi connectivity index (χ2n) is 5.90. The standard InChI is InChI=1S/C16H21F4N7/c1-4-23-13-11(16(18,19)20)6-24-14(27-13)26-12(5-21)10(2)25-9-15(3,7-17)8-22/h5-6H,4,7,9,21H2,1-3H3,(H2,23,24,26,27)/b12-5+,25-10-. The third-order valence-electron chi connectivity index (χ3n) is 3.47. The number of halogens is 4. The summed E-state index contributed by atoms with van der Waals surface area (Å²) >= 11 is 0. The number of nitriles is 1. The van der Waals surface area contributed by atoms with Gasteiger partial charge in [0.05, 0.1) is 24.0 Å². The van der Waals surface area contributed by atoms with Crippen molar-refractivity contribution in [2.24, 2.45) is 16.1 Å². The molecular weight excluding hydrogens is 366 g/mol. The van der Waals surface area contributed by atoms with Gasteiger partial charge in [0.2, 0.25) is 5.95 Å². The molecule has 0 aliphatic carbocycles. The minimum Gasteiger partial charge on any atom is -0.403 e. The van der Waals surface area contributed by atoms with Gasteiger partial charge < -0.3 is 16.4 Å². The molecule has 7 nitrogen and oxygen atoms in total. The number of nitrogens with one attached hydrogen (secondary N) is 2. The van der Waals surface area contributed by atoms with Gasteiger partial charge in [-0.05, 0) is 20.8 Å². The minimum absolute atomic E-state index is 0.110. The van der Waals surface area contributed by atoms with Crippen LogP contribution in [-0.4, -0.2) is 35.4 Å². The molecule has 148 valence electrons. The van der Waals surface area contributed by atoms with Crippen LogP contribution in [0.4, 0.5) is 29.3 Å². The van der Waals surface area contributed by atoms with Crippen molar-refractivity contribution in [1.82, 2.24) is 9.97 Å². The van der Waals surface area contributed by atoms with Crippen LogP contribution in [0.15, 0.2) is 23.1 Å². The Balaban J connectivity index is 3.07. The summed E-state index contributed by atoms with van der Waals surface area (Å²) in [5.74, 6) is -0.498. The lowest BCUT2D eigenvalue weighted by atomic mass is 9.95. The van der Waals surface area contributed by atoms with Crippen molar-refractivity contribution in [1.29, 1.82) is 5.26 Å². The molecule has 0 saturated heterocycles. The van der Waals surface area contributed by atoms with Crippen molar-refractivity contribution in [3.63, 3.8) is 0 Å². The Morgan fingerprint density at radius 2 is 2.11 bits per heavy atom. The third-order valence-corrected chi connectivity index (χ3v) is 3.47. The van der Waals surface area contributed by atoms with Gasteiger partial charge in [-0.1, -0.05) is 0 Å². The van der Waals surface area contributed by atoms with Crippen molar-refractivity contribution in [2.45, 2.75) is 26.9 Å². The molecule has 27 heavy (non-hydrogen) atoms. The molecule has 1 aromatic rings. The normalized spacial score (nSPS) is 15.0. The second-order valence-corrected chi connectivity index (χ2v) is 5.90. The SMILES string of the molecule is CCNc1nc(NC(=C/N)/C(C)=N\CC(C)(C#N)CF)ncc1C(F)(F)F. The Morgan fingerprint density at radius 1 is 1.44 bits per heavy atom. The molecule has 0 saturated carbocycles. The van der Waals surface area contributed by atoms with Crippen LogP contribution in [0.1, 0.15) is 26.3 Å².